The van der Waals surface area contributed by atoms with Gasteiger partial charge in [0.15, 0.2) is 6.29 Å². The Bertz CT molecular complexity index is 108. The summed E-state index contributed by atoms with van der Waals surface area (Å²) < 4.78 is 9.42. The summed E-state index contributed by atoms with van der Waals surface area (Å²) in [7, 11) is 3.13. The number of nitrogens with two attached hydrogens (primary N) is 2. The van der Waals surface area contributed by atoms with E-state index in [0.29, 0.717) is 0 Å². The molecule has 0 aromatic heterocycles. The molecule has 4 N–H and O–H groups in total. The molecule has 2 amide bonds. The van der Waals surface area contributed by atoms with Gasteiger partial charge in [0.05, 0.1) is 0 Å². The monoisotopic (exact) mass is 162 g/mol. The van der Waals surface area contributed by atoms with E-state index < -0.39 is 6.03 Å². The van der Waals surface area contributed by atoms with E-state index in [0.717, 1.165) is 0 Å². The van der Waals surface area contributed by atoms with Crippen LogP contribution in [-0.4, -0.2) is 26.5 Å². The Labute approximate surface area is 65.9 Å². The third-order valence-electron chi connectivity index (χ3n) is 0.657. The summed E-state index contributed by atoms with van der Waals surface area (Å²) >= 11 is 0. The number of primary amides is 2. The third-order valence-corrected chi connectivity index (χ3v) is 0.657. The van der Waals surface area contributed by atoms with Crippen LogP contribution >= 0.6 is 0 Å². The second kappa shape index (κ2) is 8.93. The number of methoxy groups -OCH3 is 2. The number of carbonyl (C=O) groups excluding carboxylic acids is 1. The van der Waals surface area contributed by atoms with Gasteiger partial charge >= 0.3 is 6.03 Å². The first-order valence-corrected chi connectivity index (χ1v) is 2.81. The molecule has 0 heterocycles. The second-order valence-electron chi connectivity index (χ2n) is 1.48. The highest BCUT2D eigenvalue weighted by atomic mass is 16.7. The predicted molar refractivity (Wildman–Crippen MR) is 41.8 cm³/mol. The molecule has 0 aromatic rings. The highest BCUT2D eigenvalue weighted by molar-refractivity contribution is 5.69. The van der Waals surface area contributed by atoms with E-state index in [9.17, 15) is 0 Å². The van der Waals surface area contributed by atoms with Gasteiger partial charge in [0.1, 0.15) is 0 Å². The van der Waals surface area contributed by atoms with E-state index in [1.807, 2.05) is 0 Å². The summed E-state index contributed by atoms with van der Waals surface area (Å²) in [6.07, 6.45) is 1.33. The zero-order valence-corrected chi connectivity index (χ0v) is 6.74. The molecule has 0 bridgehead atoms. The van der Waals surface area contributed by atoms with E-state index in [1.54, 1.807) is 20.3 Å². The van der Waals surface area contributed by atoms with Crippen molar-refractivity contribution in [1.82, 2.24) is 0 Å². The molecule has 0 saturated heterocycles. The van der Waals surface area contributed by atoms with Gasteiger partial charge < -0.3 is 20.9 Å². The van der Waals surface area contributed by atoms with E-state index in [4.69, 9.17) is 14.3 Å². The van der Waals surface area contributed by atoms with Crippen LogP contribution in [0.1, 0.15) is 0 Å². The average Bonchev–Trinajstić information content (AvgIpc) is 1.90. The van der Waals surface area contributed by atoms with E-state index in [2.05, 4.69) is 18.0 Å². The van der Waals surface area contributed by atoms with Crippen LogP contribution in [0.5, 0.6) is 0 Å². The van der Waals surface area contributed by atoms with Crippen LogP contribution in [0.25, 0.3) is 0 Å². The summed E-state index contributed by atoms with van der Waals surface area (Å²) in [5.41, 5.74) is 8.50. The number of carbonyl (C=O) groups is 1. The Balaban J connectivity index is 0. The van der Waals surface area contributed by atoms with Crippen molar-refractivity contribution in [2.75, 3.05) is 14.2 Å². The van der Waals surface area contributed by atoms with Crippen molar-refractivity contribution in [3.05, 3.63) is 12.7 Å². The molecule has 0 aliphatic carbocycles. The molecule has 0 aliphatic heterocycles. The minimum atomic E-state index is -0.833. The zero-order chi connectivity index (χ0) is 9.28. The third kappa shape index (κ3) is 17.6. The number of amides is 2. The quantitative estimate of drug-likeness (QED) is 0.445. The lowest BCUT2D eigenvalue weighted by atomic mass is 10.6. The number of ether oxygens (including phenoxy) is 2. The topological polar surface area (TPSA) is 87.6 Å². The van der Waals surface area contributed by atoms with Crippen molar-refractivity contribution in [2.45, 2.75) is 6.29 Å². The normalized spacial score (nSPS) is 8.27. The number of rotatable bonds is 3. The Kier molecular flexibility index (Phi) is 10.2. The molecule has 5 nitrogen and oxygen atoms in total. The zero-order valence-electron chi connectivity index (χ0n) is 6.74. The number of urea groups is 1. The maximum atomic E-state index is 9.00. The van der Waals surface area contributed by atoms with Gasteiger partial charge in [0.25, 0.3) is 0 Å². The summed E-state index contributed by atoms with van der Waals surface area (Å²) in [6.45, 7) is 3.45. The van der Waals surface area contributed by atoms with Crippen LogP contribution in [0.3, 0.4) is 0 Å². The summed E-state index contributed by atoms with van der Waals surface area (Å²) in [5.74, 6) is 0. The molecule has 0 saturated carbocycles. The van der Waals surface area contributed by atoms with Crippen molar-refractivity contribution in [3.63, 3.8) is 0 Å². The lowest BCUT2D eigenvalue weighted by molar-refractivity contribution is -0.0663. The molecule has 66 valence electrons. The van der Waals surface area contributed by atoms with Crippen molar-refractivity contribution in [1.29, 1.82) is 0 Å². The molecule has 0 atom stereocenters. The van der Waals surface area contributed by atoms with Crippen molar-refractivity contribution >= 4 is 6.03 Å². The summed E-state index contributed by atoms with van der Waals surface area (Å²) in [4.78, 5) is 9.00. The highest BCUT2D eigenvalue weighted by Gasteiger charge is 1.92. The Morgan fingerprint density at radius 1 is 1.45 bits per heavy atom. The maximum Gasteiger partial charge on any atom is 0.309 e. The van der Waals surface area contributed by atoms with E-state index >= 15 is 0 Å². The molecule has 0 unspecified atom stereocenters. The predicted octanol–water partition coefficient (Wildman–Crippen LogP) is -0.185. The fraction of sp³-hybridized carbons (Fsp3) is 0.500. The Morgan fingerprint density at radius 3 is 1.73 bits per heavy atom. The second-order valence-corrected chi connectivity index (χ2v) is 1.48. The first-order chi connectivity index (χ1) is 5.08. The molecule has 0 spiro atoms. The first kappa shape index (κ1) is 12.6. The lowest BCUT2D eigenvalue weighted by Gasteiger charge is -2.04. The van der Waals surface area contributed by atoms with Crippen LogP contribution < -0.4 is 11.5 Å². The molecule has 0 radical (unpaired) electrons. The van der Waals surface area contributed by atoms with Gasteiger partial charge in [0.2, 0.25) is 0 Å². The smallest absolute Gasteiger partial charge is 0.309 e. The van der Waals surface area contributed by atoms with Gasteiger partial charge in [-0.15, -0.1) is 0 Å². The van der Waals surface area contributed by atoms with Crippen LogP contribution in [-0.2, 0) is 9.47 Å². The van der Waals surface area contributed by atoms with E-state index in [-0.39, 0.29) is 6.29 Å². The van der Waals surface area contributed by atoms with Crippen LogP contribution in [0.15, 0.2) is 12.7 Å². The van der Waals surface area contributed by atoms with Gasteiger partial charge in [-0.25, -0.2) is 4.79 Å². The molecule has 0 aliphatic rings. The van der Waals surface area contributed by atoms with Crippen LogP contribution in [0, 0.1) is 0 Å². The van der Waals surface area contributed by atoms with Gasteiger partial charge in [-0.3, -0.25) is 0 Å². The van der Waals surface area contributed by atoms with Crippen molar-refractivity contribution < 1.29 is 14.3 Å². The Morgan fingerprint density at radius 2 is 1.73 bits per heavy atom. The lowest BCUT2D eigenvalue weighted by Crippen LogP contribution is -2.18. The van der Waals surface area contributed by atoms with E-state index in [1.165, 1.54) is 0 Å². The molecule has 5 heteroatoms. The highest BCUT2D eigenvalue weighted by Crippen LogP contribution is 1.87. The number of hydrogen-bond donors (Lipinski definition) is 2. The first-order valence-electron chi connectivity index (χ1n) is 2.81. The van der Waals surface area contributed by atoms with Crippen LogP contribution in [0.2, 0.25) is 0 Å². The van der Waals surface area contributed by atoms with Gasteiger partial charge in [-0.05, 0) is 6.08 Å². The largest absolute Gasteiger partial charge is 0.352 e. The number of hydrogen-bond acceptors (Lipinski definition) is 3. The summed E-state index contributed by atoms with van der Waals surface area (Å²) in [5, 5.41) is 0. The fourth-order valence-corrected chi connectivity index (χ4v) is 0.289. The molecule has 0 aromatic carbocycles. The SMILES string of the molecule is C=CC(OC)OC.NC(N)=O. The molecular weight excluding hydrogens is 148 g/mol. The molecule has 11 heavy (non-hydrogen) atoms. The van der Waals surface area contributed by atoms with Gasteiger partial charge in [-0.2, -0.15) is 0 Å². The minimum absolute atomic E-state index is 0.250. The van der Waals surface area contributed by atoms with Crippen molar-refractivity contribution in [3.8, 4) is 0 Å². The van der Waals surface area contributed by atoms with Gasteiger partial charge in [0, 0.05) is 14.2 Å². The minimum Gasteiger partial charge on any atom is -0.352 e. The van der Waals surface area contributed by atoms with Gasteiger partial charge in [-0.1, -0.05) is 6.58 Å². The van der Waals surface area contributed by atoms with Crippen LogP contribution in [0.4, 0.5) is 4.79 Å². The summed E-state index contributed by atoms with van der Waals surface area (Å²) in [6, 6.07) is -0.833. The van der Waals surface area contributed by atoms with Crippen molar-refractivity contribution in [2.24, 2.45) is 11.5 Å². The fourth-order valence-electron chi connectivity index (χ4n) is 0.289. The average molecular weight is 162 g/mol. The molecule has 0 fully saturated rings. The molecular formula is C6H14N2O3. The Hall–Kier alpha value is -1.07. The molecule has 0 rings (SSSR count). The standard InChI is InChI=1S/C5H10O2.CH4N2O/c1-4-5(6-2)7-3;2-1(3)4/h4-5H,1H2,2-3H3;(H4,2,3,4). The maximum absolute atomic E-state index is 9.00.